The van der Waals surface area contributed by atoms with Gasteiger partial charge >= 0.3 is 0 Å². The van der Waals surface area contributed by atoms with E-state index >= 15 is 0 Å². The molecular formula is C17H22N2. The SMILES string of the molecule is Cc1c(N)cccc1N(Cc1ccccc1)C(C)C. The highest BCUT2D eigenvalue weighted by molar-refractivity contribution is 5.64. The Balaban J connectivity index is 2.33. The van der Waals surface area contributed by atoms with E-state index in [9.17, 15) is 0 Å². The third-order valence-corrected chi connectivity index (χ3v) is 3.48. The summed E-state index contributed by atoms with van der Waals surface area (Å²) in [5, 5.41) is 0. The van der Waals surface area contributed by atoms with Gasteiger partial charge in [0.05, 0.1) is 0 Å². The minimum absolute atomic E-state index is 0.431. The van der Waals surface area contributed by atoms with E-state index in [1.54, 1.807) is 0 Å². The van der Waals surface area contributed by atoms with Crippen molar-refractivity contribution < 1.29 is 0 Å². The lowest BCUT2D eigenvalue weighted by molar-refractivity contribution is 0.681. The van der Waals surface area contributed by atoms with E-state index in [1.807, 2.05) is 12.1 Å². The first kappa shape index (κ1) is 13.5. The summed E-state index contributed by atoms with van der Waals surface area (Å²) in [4.78, 5) is 2.39. The second-order valence-corrected chi connectivity index (χ2v) is 5.20. The van der Waals surface area contributed by atoms with Crippen molar-refractivity contribution in [1.29, 1.82) is 0 Å². The highest BCUT2D eigenvalue weighted by atomic mass is 15.2. The first-order valence-corrected chi connectivity index (χ1v) is 6.75. The molecule has 0 radical (unpaired) electrons. The summed E-state index contributed by atoms with van der Waals surface area (Å²) >= 11 is 0. The van der Waals surface area contributed by atoms with Crippen molar-refractivity contribution in [2.75, 3.05) is 10.6 Å². The van der Waals surface area contributed by atoms with E-state index in [2.05, 4.69) is 62.1 Å². The van der Waals surface area contributed by atoms with Crippen molar-refractivity contribution in [2.24, 2.45) is 0 Å². The van der Waals surface area contributed by atoms with E-state index in [0.29, 0.717) is 6.04 Å². The third kappa shape index (κ3) is 3.08. The standard InChI is InChI=1S/C17H22N2/c1-13(2)19(12-15-8-5-4-6-9-15)17-11-7-10-16(18)14(17)3/h4-11,13H,12,18H2,1-3H3. The smallest absolute Gasteiger partial charge is 0.0432 e. The van der Waals surface area contributed by atoms with Crippen molar-refractivity contribution in [3.8, 4) is 0 Å². The van der Waals surface area contributed by atoms with Crippen molar-refractivity contribution in [3.63, 3.8) is 0 Å². The number of hydrogen-bond donors (Lipinski definition) is 1. The van der Waals surface area contributed by atoms with Crippen LogP contribution in [-0.4, -0.2) is 6.04 Å². The highest BCUT2D eigenvalue weighted by Crippen LogP contribution is 2.27. The largest absolute Gasteiger partial charge is 0.398 e. The fourth-order valence-corrected chi connectivity index (χ4v) is 2.28. The second kappa shape index (κ2) is 5.79. The Morgan fingerprint density at radius 1 is 1.00 bits per heavy atom. The van der Waals surface area contributed by atoms with Crippen LogP contribution in [-0.2, 0) is 6.54 Å². The first-order chi connectivity index (χ1) is 9.09. The average molecular weight is 254 g/mol. The van der Waals surface area contributed by atoms with Crippen LogP contribution in [0.15, 0.2) is 48.5 Å². The molecule has 0 unspecified atom stereocenters. The molecule has 0 bridgehead atoms. The topological polar surface area (TPSA) is 29.3 Å². The monoisotopic (exact) mass is 254 g/mol. The Morgan fingerprint density at radius 2 is 1.68 bits per heavy atom. The molecule has 19 heavy (non-hydrogen) atoms. The molecule has 0 aliphatic carbocycles. The number of nitrogens with two attached hydrogens (primary N) is 1. The van der Waals surface area contributed by atoms with Gasteiger partial charge in [-0.25, -0.2) is 0 Å². The molecule has 100 valence electrons. The van der Waals surface area contributed by atoms with Crippen LogP contribution in [0.2, 0.25) is 0 Å². The van der Waals surface area contributed by atoms with Gasteiger partial charge in [0.1, 0.15) is 0 Å². The molecule has 2 aromatic rings. The molecule has 0 atom stereocenters. The Labute approximate surface area is 115 Å². The van der Waals surface area contributed by atoms with Crippen molar-refractivity contribution in [2.45, 2.75) is 33.4 Å². The van der Waals surface area contributed by atoms with Gasteiger partial charge in [-0.3, -0.25) is 0 Å². The summed E-state index contributed by atoms with van der Waals surface area (Å²) < 4.78 is 0. The number of rotatable bonds is 4. The zero-order valence-electron chi connectivity index (χ0n) is 11.9. The van der Waals surface area contributed by atoms with Crippen LogP contribution in [0.1, 0.15) is 25.0 Å². The van der Waals surface area contributed by atoms with E-state index in [-0.39, 0.29) is 0 Å². The van der Waals surface area contributed by atoms with E-state index in [4.69, 9.17) is 5.73 Å². The fraction of sp³-hybridized carbons (Fsp3) is 0.294. The number of benzene rings is 2. The highest BCUT2D eigenvalue weighted by Gasteiger charge is 2.14. The molecular weight excluding hydrogens is 232 g/mol. The zero-order valence-corrected chi connectivity index (χ0v) is 11.9. The van der Waals surface area contributed by atoms with E-state index in [0.717, 1.165) is 17.8 Å². The van der Waals surface area contributed by atoms with Crippen LogP contribution < -0.4 is 10.6 Å². The van der Waals surface area contributed by atoms with Gasteiger partial charge in [-0.05, 0) is 44.0 Å². The van der Waals surface area contributed by atoms with Crippen LogP contribution in [0, 0.1) is 6.92 Å². The Hall–Kier alpha value is -1.96. The summed E-state index contributed by atoms with van der Waals surface area (Å²) in [5.41, 5.74) is 10.6. The Bertz CT molecular complexity index is 532. The Kier molecular flexibility index (Phi) is 4.10. The van der Waals surface area contributed by atoms with Gasteiger partial charge in [-0.2, -0.15) is 0 Å². The molecule has 0 aliphatic heterocycles. The molecule has 2 rings (SSSR count). The van der Waals surface area contributed by atoms with Crippen LogP contribution in [0.25, 0.3) is 0 Å². The van der Waals surface area contributed by atoms with E-state index in [1.165, 1.54) is 11.3 Å². The summed E-state index contributed by atoms with van der Waals surface area (Å²) in [6, 6.07) is 17.1. The predicted octanol–water partition coefficient (Wildman–Crippen LogP) is 3.99. The van der Waals surface area contributed by atoms with Gasteiger partial charge in [0.15, 0.2) is 0 Å². The van der Waals surface area contributed by atoms with Crippen molar-refractivity contribution >= 4 is 11.4 Å². The molecule has 0 saturated carbocycles. The van der Waals surface area contributed by atoms with Crippen molar-refractivity contribution in [1.82, 2.24) is 0 Å². The predicted molar refractivity (Wildman–Crippen MR) is 83.4 cm³/mol. The van der Waals surface area contributed by atoms with Crippen molar-refractivity contribution in [3.05, 3.63) is 59.7 Å². The molecule has 0 saturated heterocycles. The van der Waals surface area contributed by atoms with Gasteiger partial charge in [0.25, 0.3) is 0 Å². The third-order valence-electron chi connectivity index (χ3n) is 3.48. The average Bonchev–Trinajstić information content (AvgIpc) is 2.40. The second-order valence-electron chi connectivity index (χ2n) is 5.20. The number of hydrogen-bond acceptors (Lipinski definition) is 2. The van der Waals surface area contributed by atoms with Crippen LogP contribution in [0.4, 0.5) is 11.4 Å². The summed E-state index contributed by atoms with van der Waals surface area (Å²) in [6.45, 7) is 7.42. The molecule has 0 spiro atoms. The first-order valence-electron chi connectivity index (χ1n) is 6.75. The minimum Gasteiger partial charge on any atom is -0.398 e. The molecule has 0 aliphatic rings. The maximum Gasteiger partial charge on any atom is 0.0432 e. The quantitative estimate of drug-likeness (QED) is 0.836. The maximum absolute atomic E-state index is 6.03. The van der Waals surface area contributed by atoms with Gasteiger partial charge < -0.3 is 10.6 Å². The molecule has 2 aromatic carbocycles. The normalized spacial score (nSPS) is 10.7. The van der Waals surface area contributed by atoms with Gasteiger partial charge in [0, 0.05) is 24.0 Å². The summed E-state index contributed by atoms with van der Waals surface area (Å²) in [5.74, 6) is 0. The lowest BCUT2D eigenvalue weighted by Crippen LogP contribution is -2.30. The minimum atomic E-state index is 0.431. The molecule has 0 fully saturated rings. The van der Waals surface area contributed by atoms with Crippen LogP contribution in [0.3, 0.4) is 0 Å². The molecule has 0 amide bonds. The lowest BCUT2D eigenvalue weighted by Gasteiger charge is -2.31. The summed E-state index contributed by atoms with van der Waals surface area (Å²) in [6.07, 6.45) is 0. The number of nitrogens with zero attached hydrogens (tertiary/aromatic N) is 1. The van der Waals surface area contributed by atoms with E-state index < -0.39 is 0 Å². The number of anilines is 2. The van der Waals surface area contributed by atoms with Gasteiger partial charge in [-0.15, -0.1) is 0 Å². The molecule has 0 aromatic heterocycles. The van der Waals surface area contributed by atoms with Crippen LogP contribution >= 0.6 is 0 Å². The Morgan fingerprint density at radius 3 is 2.32 bits per heavy atom. The molecule has 2 N–H and O–H groups in total. The fourth-order valence-electron chi connectivity index (χ4n) is 2.28. The number of nitrogen functional groups attached to an aromatic ring is 1. The molecule has 2 nitrogen and oxygen atoms in total. The summed E-state index contributed by atoms with van der Waals surface area (Å²) in [7, 11) is 0. The van der Waals surface area contributed by atoms with Crippen LogP contribution in [0.5, 0.6) is 0 Å². The zero-order chi connectivity index (χ0) is 13.8. The molecule has 2 heteroatoms. The maximum atomic E-state index is 6.03. The lowest BCUT2D eigenvalue weighted by atomic mass is 10.1. The molecule has 0 heterocycles. The van der Waals surface area contributed by atoms with Gasteiger partial charge in [0.2, 0.25) is 0 Å². The van der Waals surface area contributed by atoms with Gasteiger partial charge in [-0.1, -0.05) is 36.4 Å².